The quantitative estimate of drug-likeness (QED) is 0.421. The number of esters is 2. The predicted molar refractivity (Wildman–Crippen MR) is 113 cm³/mol. The Morgan fingerprint density at radius 2 is 1.41 bits per heavy atom. The lowest BCUT2D eigenvalue weighted by Gasteiger charge is -2.20. The molecule has 0 aliphatic rings. The Morgan fingerprint density at radius 3 is 1.93 bits per heavy atom. The number of hydrogen-bond acceptors (Lipinski definition) is 5. The zero-order valence-corrected chi connectivity index (χ0v) is 17.2. The minimum atomic E-state index is -0.983. The van der Waals surface area contributed by atoms with Crippen molar-refractivity contribution < 1.29 is 24.2 Å². The van der Waals surface area contributed by atoms with Gasteiger partial charge in [0.05, 0.1) is 5.60 Å². The number of aliphatic hydroxyl groups is 1. The Bertz CT molecular complexity index is 946. The highest BCUT2D eigenvalue weighted by Crippen LogP contribution is 2.31. The molecule has 0 aliphatic carbocycles. The molecule has 0 amide bonds. The topological polar surface area (TPSA) is 72.8 Å². The van der Waals surface area contributed by atoms with E-state index in [2.05, 4.69) is 13.2 Å². The highest BCUT2D eigenvalue weighted by molar-refractivity contribution is 5.89. The van der Waals surface area contributed by atoms with Crippen LogP contribution in [-0.2, 0) is 16.0 Å². The van der Waals surface area contributed by atoms with Crippen LogP contribution >= 0.6 is 0 Å². The molecular formula is C24H26O5. The van der Waals surface area contributed by atoms with Crippen molar-refractivity contribution in [3.05, 3.63) is 72.3 Å². The second-order valence-electron chi connectivity index (χ2n) is 7.68. The molecule has 152 valence electrons. The van der Waals surface area contributed by atoms with Crippen molar-refractivity contribution in [3.63, 3.8) is 0 Å². The van der Waals surface area contributed by atoms with Gasteiger partial charge in [-0.3, -0.25) is 0 Å². The molecule has 5 heteroatoms. The van der Waals surface area contributed by atoms with Gasteiger partial charge in [-0.2, -0.15) is 0 Å². The number of ether oxygens (including phenoxy) is 2. The van der Waals surface area contributed by atoms with Crippen LogP contribution in [0.5, 0.6) is 11.5 Å². The van der Waals surface area contributed by atoms with Crippen LogP contribution in [0.25, 0.3) is 11.1 Å². The van der Waals surface area contributed by atoms with E-state index in [0.29, 0.717) is 34.6 Å². The average molecular weight is 394 g/mol. The molecule has 0 atom stereocenters. The summed E-state index contributed by atoms with van der Waals surface area (Å²) < 4.78 is 10.6. The molecule has 1 N–H and O–H groups in total. The van der Waals surface area contributed by atoms with E-state index in [0.717, 1.165) is 11.1 Å². The van der Waals surface area contributed by atoms with Crippen LogP contribution in [0.1, 0.15) is 33.3 Å². The van der Waals surface area contributed by atoms with Crippen molar-refractivity contribution in [2.24, 2.45) is 0 Å². The zero-order chi connectivity index (χ0) is 21.8. The molecule has 2 rings (SSSR count). The third-order valence-electron chi connectivity index (χ3n) is 3.98. The normalized spacial score (nSPS) is 10.9. The van der Waals surface area contributed by atoms with Crippen LogP contribution in [-0.4, -0.2) is 22.6 Å². The van der Waals surface area contributed by atoms with Crippen LogP contribution in [0.15, 0.2) is 66.8 Å². The summed E-state index contributed by atoms with van der Waals surface area (Å²) in [5.41, 5.74) is 2.09. The van der Waals surface area contributed by atoms with Gasteiger partial charge in [0, 0.05) is 17.6 Å². The van der Waals surface area contributed by atoms with Gasteiger partial charge in [-0.25, -0.2) is 9.59 Å². The van der Waals surface area contributed by atoms with Crippen molar-refractivity contribution in [2.75, 3.05) is 0 Å². The molecule has 0 radical (unpaired) electrons. The van der Waals surface area contributed by atoms with Gasteiger partial charge in [0.15, 0.2) is 0 Å². The summed E-state index contributed by atoms with van der Waals surface area (Å²) in [4.78, 5) is 23.6. The fourth-order valence-electron chi connectivity index (χ4n) is 2.56. The molecule has 29 heavy (non-hydrogen) atoms. The molecule has 0 fully saturated rings. The average Bonchev–Trinajstić information content (AvgIpc) is 2.62. The first-order valence-corrected chi connectivity index (χ1v) is 9.17. The van der Waals surface area contributed by atoms with Gasteiger partial charge >= 0.3 is 11.9 Å². The molecule has 0 saturated heterocycles. The molecule has 0 heterocycles. The van der Waals surface area contributed by atoms with Crippen LogP contribution in [0, 0.1) is 0 Å². The van der Waals surface area contributed by atoms with Crippen molar-refractivity contribution in [2.45, 2.75) is 39.7 Å². The van der Waals surface area contributed by atoms with Gasteiger partial charge in [0.25, 0.3) is 0 Å². The molecule has 0 aromatic heterocycles. The molecule has 0 spiro atoms. The largest absolute Gasteiger partial charge is 0.423 e. The number of rotatable bonds is 7. The Labute approximate surface area is 171 Å². The van der Waals surface area contributed by atoms with Gasteiger partial charge in [0.2, 0.25) is 0 Å². The van der Waals surface area contributed by atoms with E-state index in [1.54, 1.807) is 45.9 Å². The fourth-order valence-corrected chi connectivity index (χ4v) is 2.56. The smallest absolute Gasteiger partial charge is 0.338 e. The minimum Gasteiger partial charge on any atom is -0.423 e. The molecule has 0 aliphatic heterocycles. The molecule has 0 saturated carbocycles. The van der Waals surface area contributed by atoms with Gasteiger partial charge < -0.3 is 14.6 Å². The number of hydrogen-bond donors (Lipinski definition) is 1. The Morgan fingerprint density at radius 1 is 0.897 bits per heavy atom. The first-order valence-electron chi connectivity index (χ1n) is 9.17. The summed E-state index contributed by atoms with van der Waals surface area (Å²) in [7, 11) is 0. The molecule has 5 nitrogen and oxygen atoms in total. The summed E-state index contributed by atoms with van der Waals surface area (Å²) in [5, 5.41) is 10.3. The second-order valence-corrected chi connectivity index (χ2v) is 7.68. The second kappa shape index (κ2) is 8.88. The van der Waals surface area contributed by atoms with Crippen LogP contribution < -0.4 is 9.47 Å². The standard InChI is InChI=1S/C24H26O5/c1-15(2)22(25)28-20-10-7-17(8-11-20)18-9-12-21(29-23(26)16(3)4)19(13-18)14-24(5,6)27/h7-13,27H,1,3,14H2,2,4-6H3. The maximum Gasteiger partial charge on any atom is 0.338 e. The summed E-state index contributed by atoms with van der Waals surface area (Å²) in [6.07, 6.45) is 0.300. The zero-order valence-electron chi connectivity index (χ0n) is 17.2. The minimum absolute atomic E-state index is 0.295. The first kappa shape index (κ1) is 22.1. The van der Waals surface area contributed by atoms with Crippen LogP contribution in [0.4, 0.5) is 0 Å². The summed E-state index contributed by atoms with van der Waals surface area (Å²) in [5.74, 6) is -0.186. The van der Waals surface area contributed by atoms with Crippen LogP contribution in [0.3, 0.4) is 0 Å². The van der Waals surface area contributed by atoms with E-state index >= 15 is 0 Å². The monoisotopic (exact) mass is 394 g/mol. The molecule has 2 aromatic carbocycles. The van der Waals surface area contributed by atoms with Gasteiger partial charge in [-0.1, -0.05) is 31.4 Å². The summed E-state index contributed by atoms with van der Waals surface area (Å²) in [6.45, 7) is 13.7. The molecule has 0 bridgehead atoms. The van der Waals surface area contributed by atoms with E-state index in [1.807, 2.05) is 24.3 Å². The lowest BCUT2D eigenvalue weighted by atomic mass is 9.94. The number of benzene rings is 2. The summed E-state index contributed by atoms with van der Waals surface area (Å²) in [6, 6.07) is 12.4. The van der Waals surface area contributed by atoms with Gasteiger partial charge in [0.1, 0.15) is 11.5 Å². The van der Waals surface area contributed by atoms with E-state index in [9.17, 15) is 14.7 Å². The predicted octanol–water partition coefficient (Wildman–Crippen LogP) is 4.63. The molecular weight excluding hydrogens is 368 g/mol. The van der Waals surface area contributed by atoms with E-state index in [-0.39, 0.29) is 0 Å². The van der Waals surface area contributed by atoms with E-state index in [4.69, 9.17) is 9.47 Å². The van der Waals surface area contributed by atoms with Crippen molar-refractivity contribution in [3.8, 4) is 22.6 Å². The number of carbonyl (C=O) groups excluding carboxylic acids is 2. The SMILES string of the molecule is C=C(C)C(=O)Oc1ccc(-c2ccc(OC(=O)C(=C)C)c(CC(C)(C)O)c2)cc1. The van der Waals surface area contributed by atoms with Gasteiger partial charge in [-0.15, -0.1) is 0 Å². The highest BCUT2D eigenvalue weighted by Gasteiger charge is 2.19. The van der Waals surface area contributed by atoms with Crippen molar-refractivity contribution >= 4 is 11.9 Å². The molecule has 2 aromatic rings. The van der Waals surface area contributed by atoms with Gasteiger partial charge in [-0.05, 0) is 68.7 Å². The lowest BCUT2D eigenvalue weighted by Crippen LogP contribution is -2.22. The van der Waals surface area contributed by atoms with Crippen LogP contribution in [0.2, 0.25) is 0 Å². The third-order valence-corrected chi connectivity index (χ3v) is 3.98. The summed E-state index contributed by atoms with van der Waals surface area (Å²) >= 11 is 0. The third kappa shape index (κ3) is 6.43. The maximum absolute atomic E-state index is 11.9. The van der Waals surface area contributed by atoms with E-state index in [1.165, 1.54) is 0 Å². The lowest BCUT2D eigenvalue weighted by molar-refractivity contribution is -0.131. The Balaban J connectivity index is 2.34. The Hall–Kier alpha value is -3.18. The molecule has 0 unspecified atom stereocenters. The maximum atomic E-state index is 11.9. The Kier molecular flexibility index (Phi) is 6.77. The fraction of sp³-hybridized carbons (Fsp3) is 0.250. The highest BCUT2D eigenvalue weighted by atomic mass is 16.5. The van der Waals surface area contributed by atoms with Crippen molar-refractivity contribution in [1.82, 2.24) is 0 Å². The van der Waals surface area contributed by atoms with Crippen molar-refractivity contribution in [1.29, 1.82) is 0 Å². The first-order chi connectivity index (χ1) is 13.5. The number of carbonyl (C=O) groups is 2. The van der Waals surface area contributed by atoms with E-state index < -0.39 is 17.5 Å².